The Morgan fingerprint density at radius 1 is 1.35 bits per heavy atom. The second-order valence-corrected chi connectivity index (χ2v) is 5.90. The summed E-state index contributed by atoms with van der Waals surface area (Å²) >= 11 is 1.85. The van der Waals surface area contributed by atoms with Gasteiger partial charge in [-0.1, -0.05) is 0 Å². The summed E-state index contributed by atoms with van der Waals surface area (Å²) in [5.74, 6) is -1.18. The van der Waals surface area contributed by atoms with Crippen LogP contribution in [-0.4, -0.2) is 52.6 Å². The van der Waals surface area contributed by atoms with E-state index in [2.05, 4.69) is 11.6 Å². The van der Waals surface area contributed by atoms with E-state index in [1.807, 2.05) is 11.8 Å². The first kappa shape index (κ1) is 12.5. The number of carboxylic acid groups (broad SMARTS) is 1. The van der Waals surface area contributed by atoms with Crippen LogP contribution in [-0.2, 0) is 4.79 Å². The number of nitrogens with zero attached hydrogens (tertiary/aromatic N) is 1. The predicted octanol–water partition coefficient (Wildman–Crippen LogP) is 0.996. The van der Waals surface area contributed by atoms with E-state index in [0.717, 1.165) is 19.3 Å². The highest BCUT2D eigenvalue weighted by atomic mass is 32.2. The zero-order chi connectivity index (χ0) is 12.4. The number of thioether (sulfide) groups is 1. The van der Waals surface area contributed by atoms with Crippen molar-refractivity contribution in [1.82, 2.24) is 10.2 Å². The molecule has 2 unspecified atom stereocenters. The predicted molar refractivity (Wildman–Crippen MR) is 66.2 cm³/mol. The number of hydrogen-bond donors (Lipinski definition) is 2. The molecule has 2 atom stereocenters. The molecule has 17 heavy (non-hydrogen) atoms. The number of carbonyl (C=O) groups excluding carboxylic acids is 1. The maximum Gasteiger partial charge on any atom is 0.317 e. The highest BCUT2D eigenvalue weighted by Gasteiger charge is 2.36. The van der Waals surface area contributed by atoms with E-state index in [0.29, 0.717) is 18.3 Å². The average molecular weight is 258 g/mol. The fourth-order valence-electron chi connectivity index (χ4n) is 2.35. The molecule has 1 saturated carbocycles. The van der Waals surface area contributed by atoms with Crippen molar-refractivity contribution in [2.45, 2.75) is 30.6 Å². The van der Waals surface area contributed by atoms with Gasteiger partial charge >= 0.3 is 12.0 Å². The van der Waals surface area contributed by atoms with Crippen LogP contribution >= 0.6 is 11.8 Å². The summed E-state index contributed by atoms with van der Waals surface area (Å²) in [6, 6.07) is 0.165. The van der Waals surface area contributed by atoms with E-state index in [9.17, 15) is 9.59 Å². The van der Waals surface area contributed by atoms with E-state index >= 15 is 0 Å². The number of hydrogen-bond acceptors (Lipinski definition) is 3. The molecule has 2 N–H and O–H groups in total. The molecule has 96 valence electrons. The Bertz CT molecular complexity index is 318. The van der Waals surface area contributed by atoms with Gasteiger partial charge in [-0.15, -0.1) is 0 Å². The van der Waals surface area contributed by atoms with Crippen LogP contribution in [0.2, 0.25) is 0 Å². The minimum Gasteiger partial charge on any atom is -0.481 e. The summed E-state index contributed by atoms with van der Waals surface area (Å²) in [4.78, 5) is 23.9. The molecule has 0 aromatic rings. The monoisotopic (exact) mass is 258 g/mol. The molecule has 2 aliphatic rings. The van der Waals surface area contributed by atoms with Crippen LogP contribution in [0.25, 0.3) is 0 Å². The van der Waals surface area contributed by atoms with Crippen LogP contribution in [0.4, 0.5) is 4.79 Å². The quantitative estimate of drug-likeness (QED) is 0.792. The number of amides is 2. The summed E-state index contributed by atoms with van der Waals surface area (Å²) in [7, 11) is 0. The molecule has 1 saturated heterocycles. The molecule has 2 rings (SSSR count). The minimum atomic E-state index is -0.808. The molecule has 2 fully saturated rings. The summed E-state index contributed by atoms with van der Waals surface area (Å²) in [5, 5.41) is 12.4. The molecule has 2 amide bonds. The second kappa shape index (κ2) is 5.16. The lowest BCUT2D eigenvalue weighted by atomic mass is 10.0. The summed E-state index contributed by atoms with van der Waals surface area (Å²) in [6.45, 7) is 0.694. The lowest BCUT2D eigenvalue weighted by Gasteiger charge is -2.37. The van der Waals surface area contributed by atoms with Gasteiger partial charge in [0.2, 0.25) is 0 Å². The van der Waals surface area contributed by atoms with Crippen LogP contribution in [0.5, 0.6) is 0 Å². The van der Waals surface area contributed by atoms with E-state index in [1.165, 1.54) is 0 Å². The second-order valence-electron chi connectivity index (χ2n) is 4.76. The normalized spacial score (nSPS) is 28.9. The molecule has 1 aliphatic heterocycles. The molecule has 0 spiro atoms. The Morgan fingerprint density at radius 2 is 2.06 bits per heavy atom. The number of urea groups is 1. The van der Waals surface area contributed by atoms with Gasteiger partial charge < -0.3 is 15.3 Å². The van der Waals surface area contributed by atoms with Crippen molar-refractivity contribution in [1.29, 1.82) is 0 Å². The summed E-state index contributed by atoms with van der Waals surface area (Å²) < 4.78 is 0. The lowest BCUT2D eigenvalue weighted by molar-refractivity contribution is -0.146. The highest BCUT2D eigenvalue weighted by molar-refractivity contribution is 7.99. The van der Waals surface area contributed by atoms with Gasteiger partial charge in [0.25, 0.3) is 0 Å². The Balaban J connectivity index is 1.71. The number of nitrogens with one attached hydrogen (secondary N) is 1. The Hall–Kier alpha value is -0.910. The number of aliphatic carboxylic acids is 1. The summed E-state index contributed by atoms with van der Waals surface area (Å²) in [6.07, 6.45) is 5.32. The average Bonchev–Trinajstić information content (AvgIpc) is 2.62. The Labute approximate surface area is 105 Å². The van der Waals surface area contributed by atoms with Crippen molar-refractivity contribution in [2.75, 3.05) is 19.3 Å². The van der Waals surface area contributed by atoms with Crippen LogP contribution in [0, 0.1) is 5.92 Å². The van der Waals surface area contributed by atoms with Crippen LogP contribution in [0.3, 0.4) is 0 Å². The molecule has 6 heteroatoms. The van der Waals surface area contributed by atoms with Gasteiger partial charge in [-0.3, -0.25) is 4.79 Å². The molecule has 1 aliphatic carbocycles. The van der Waals surface area contributed by atoms with Gasteiger partial charge in [-0.25, -0.2) is 4.79 Å². The SMILES string of the molecule is CSC1CCC(NC(=O)N2CC(C(=O)O)C2)C1. The third-order valence-corrected chi connectivity index (χ3v) is 4.66. The Morgan fingerprint density at radius 3 is 2.59 bits per heavy atom. The lowest BCUT2D eigenvalue weighted by Crippen LogP contribution is -2.57. The van der Waals surface area contributed by atoms with Crippen LogP contribution < -0.4 is 5.32 Å². The minimum absolute atomic E-state index is 0.103. The Kier molecular flexibility index (Phi) is 3.81. The topological polar surface area (TPSA) is 69.6 Å². The van der Waals surface area contributed by atoms with E-state index < -0.39 is 5.97 Å². The smallest absolute Gasteiger partial charge is 0.317 e. The number of carboxylic acids is 1. The van der Waals surface area contributed by atoms with Gasteiger partial charge in [0.15, 0.2) is 0 Å². The summed E-state index contributed by atoms with van der Waals surface area (Å²) in [5.41, 5.74) is 0. The van der Waals surface area contributed by atoms with Crippen molar-refractivity contribution in [3.8, 4) is 0 Å². The standard InChI is InChI=1S/C11H18N2O3S/c1-17-9-3-2-8(4-9)12-11(16)13-5-7(6-13)10(14)15/h7-9H,2-6H2,1H3,(H,12,16)(H,14,15). The fourth-order valence-corrected chi connectivity index (χ4v) is 3.15. The molecule has 0 aromatic carbocycles. The zero-order valence-corrected chi connectivity index (χ0v) is 10.7. The maximum atomic E-state index is 11.8. The molecule has 1 heterocycles. The number of carbonyl (C=O) groups is 2. The van der Waals surface area contributed by atoms with Crippen molar-refractivity contribution >= 4 is 23.8 Å². The maximum absolute atomic E-state index is 11.8. The van der Waals surface area contributed by atoms with Gasteiger partial charge in [0.05, 0.1) is 5.92 Å². The van der Waals surface area contributed by atoms with Crippen molar-refractivity contribution in [3.63, 3.8) is 0 Å². The van der Waals surface area contributed by atoms with Gasteiger partial charge in [-0.05, 0) is 25.5 Å². The van der Waals surface area contributed by atoms with Crippen LogP contribution in [0.15, 0.2) is 0 Å². The van der Waals surface area contributed by atoms with Crippen molar-refractivity contribution in [2.24, 2.45) is 5.92 Å². The van der Waals surface area contributed by atoms with Crippen LogP contribution in [0.1, 0.15) is 19.3 Å². The van der Waals surface area contributed by atoms with E-state index in [-0.39, 0.29) is 18.0 Å². The molecule has 0 bridgehead atoms. The van der Waals surface area contributed by atoms with Crippen molar-refractivity contribution in [3.05, 3.63) is 0 Å². The molecular weight excluding hydrogens is 240 g/mol. The van der Waals surface area contributed by atoms with Gasteiger partial charge in [0, 0.05) is 24.4 Å². The van der Waals surface area contributed by atoms with Gasteiger partial charge in [0.1, 0.15) is 0 Å². The molecule has 5 nitrogen and oxygen atoms in total. The van der Waals surface area contributed by atoms with Crippen molar-refractivity contribution < 1.29 is 14.7 Å². The molecular formula is C11H18N2O3S. The van der Waals surface area contributed by atoms with E-state index in [4.69, 9.17) is 5.11 Å². The van der Waals surface area contributed by atoms with Gasteiger partial charge in [-0.2, -0.15) is 11.8 Å². The highest BCUT2D eigenvalue weighted by Crippen LogP contribution is 2.28. The zero-order valence-electron chi connectivity index (χ0n) is 9.89. The largest absolute Gasteiger partial charge is 0.481 e. The molecule has 0 aromatic heterocycles. The molecule has 0 radical (unpaired) electrons. The first-order chi connectivity index (χ1) is 8.10. The van der Waals surface area contributed by atoms with E-state index in [1.54, 1.807) is 4.90 Å². The third-order valence-electron chi connectivity index (χ3n) is 3.56. The number of rotatable bonds is 3. The fraction of sp³-hybridized carbons (Fsp3) is 0.818. The first-order valence-electron chi connectivity index (χ1n) is 5.91. The number of likely N-dealkylation sites (tertiary alicyclic amines) is 1. The third kappa shape index (κ3) is 2.86. The first-order valence-corrected chi connectivity index (χ1v) is 7.20.